The number of carboxylic acids is 1. The molecule has 4 aliphatic rings. The van der Waals surface area contributed by atoms with E-state index >= 15 is 0 Å². The van der Waals surface area contributed by atoms with Crippen LogP contribution in [-0.4, -0.2) is 138 Å². The van der Waals surface area contributed by atoms with Crippen molar-refractivity contribution in [1.29, 1.82) is 0 Å². The maximum Gasteiger partial charge on any atom is 0.410 e. The molecule has 0 bridgehead atoms. The molecule has 6 N–H and O–H groups in total. The number of ether oxygens (including phenoxy) is 2. The van der Waals surface area contributed by atoms with Gasteiger partial charge in [-0.15, -0.1) is 0 Å². The van der Waals surface area contributed by atoms with Gasteiger partial charge in [-0.2, -0.15) is 0 Å². The Bertz CT molecular complexity index is 3310. The molecule has 6 heterocycles. The highest BCUT2D eigenvalue weighted by Gasteiger charge is 2.41. The molecule has 6 atom stereocenters. The molecule has 5 amide bonds. The molecule has 0 spiro atoms. The van der Waals surface area contributed by atoms with Gasteiger partial charge >= 0.3 is 18.2 Å². The van der Waals surface area contributed by atoms with Gasteiger partial charge in [-0.3, -0.25) is 34.2 Å². The second kappa shape index (κ2) is 29.3. The van der Waals surface area contributed by atoms with E-state index in [0.717, 1.165) is 111 Å². The summed E-state index contributed by atoms with van der Waals surface area (Å²) in [4.78, 5) is 96.6. The Kier molecular flexibility index (Phi) is 21.9. The van der Waals surface area contributed by atoms with Crippen LogP contribution in [0, 0.1) is 11.8 Å². The predicted octanol–water partition coefficient (Wildman–Crippen LogP) is 12.3. The zero-order valence-corrected chi connectivity index (χ0v) is 52.6. The summed E-state index contributed by atoms with van der Waals surface area (Å²) in [5.41, 5.74) is 7.71. The number of carbonyl (C=O) groups excluding carboxylic acids is 5. The third-order valence-electron chi connectivity index (χ3n) is 17.4. The number of likely N-dealkylation sites (tertiary alicyclic amines) is 1. The number of rotatable bonds is 14. The summed E-state index contributed by atoms with van der Waals surface area (Å²) >= 11 is 0. The van der Waals surface area contributed by atoms with Crippen molar-refractivity contribution in [3.8, 4) is 22.3 Å². The van der Waals surface area contributed by atoms with Gasteiger partial charge in [-0.1, -0.05) is 74.9 Å². The van der Waals surface area contributed by atoms with E-state index in [1.54, 1.807) is 62.4 Å². The number of likely N-dealkylation sites (N-methyl/N-ethyl adjacent to an activating group) is 2. The minimum absolute atomic E-state index is 0.0487. The van der Waals surface area contributed by atoms with Gasteiger partial charge in [0, 0.05) is 108 Å². The summed E-state index contributed by atoms with van der Waals surface area (Å²) in [5, 5.41) is 21.0. The first kappa shape index (κ1) is 65.2. The molecule has 0 unspecified atom stereocenters. The molecule has 2 aliphatic carbocycles. The van der Waals surface area contributed by atoms with Crippen LogP contribution < -0.4 is 16.0 Å². The van der Waals surface area contributed by atoms with Crippen LogP contribution in [0.1, 0.15) is 168 Å². The molecule has 19 nitrogen and oxygen atoms in total. The van der Waals surface area contributed by atoms with E-state index in [2.05, 4.69) is 90.6 Å². The van der Waals surface area contributed by atoms with Crippen molar-refractivity contribution < 1.29 is 43.3 Å². The molecular weight excluding hydrogens is 1100 g/mol. The summed E-state index contributed by atoms with van der Waals surface area (Å²) < 4.78 is 10.7. The summed E-state index contributed by atoms with van der Waals surface area (Å²) in [6.07, 6.45) is 24.4. The summed E-state index contributed by atoms with van der Waals surface area (Å²) in [5.74, 6) is -1.91. The molecule has 4 fully saturated rings. The lowest BCUT2D eigenvalue weighted by Crippen LogP contribution is -2.56. The molecule has 0 radical (unpaired) electrons. The zero-order chi connectivity index (χ0) is 62.6. The van der Waals surface area contributed by atoms with Crippen molar-refractivity contribution >= 4 is 57.7 Å². The van der Waals surface area contributed by atoms with Crippen molar-refractivity contribution in [2.45, 2.75) is 193 Å². The quantitative estimate of drug-likeness (QED) is 0.0596. The van der Waals surface area contributed by atoms with Gasteiger partial charge in [0.05, 0.1) is 6.04 Å². The van der Waals surface area contributed by atoms with E-state index in [0.29, 0.717) is 12.6 Å². The highest BCUT2D eigenvalue weighted by atomic mass is 16.6. The number of aliphatic carboxylic acids is 1. The molecule has 6 aromatic rings. The van der Waals surface area contributed by atoms with Gasteiger partial charge in [-0.05, 0) is 161 Å². The monoisotopic (exact) mass is 1190 g/mol. The lowest BCUT2D eigenvalue weighted by molar-refractivity contribution is -0.144. The number of aromatic amines is 2. The van der Waals surface area contributed by atoms with Gasteiger partial charge in [-0.25, -0.2) is 14.4 Å². The first-order chi connectivity index (χ1) is 41.5. The van der Waals surface area contributed by atoms with Crippen LogP contribution in [0.2, 0.25) is 0 Å². The van der Waals surface area contributed by atoms with E-state index in [4.69, 9.17) is 9.47 Å². The van der Waals surface area contributed by atoms with E-state index in [1.807, 2.05) is 48.0 Å². The van der Waals surface area contributed by atoms with Crippen molar-refractivity contribution in [2.24, 2.45) is 11.8 Å². The number of pyridine rings is 2. The normalized spacial score (nSPS) is 18.9. The number of nitrogens with zero attached hydrogens (tertiary/aromatic N) is 5. The van der Waals surface area contributed by atoms with Gasteiger partial charge in [0.1, 0.15) is 35.4 Å². The number of hydrogen-bond acceptors (Lipinski definition) is 11. The standard InChI is InChI=1S/C34H45N5O4.C17H17N3.C17H30N2O5/c1-22(38(5)33(42)43-34(2,3)4)31(40)37-30(23-12-7-6-8-13-23)32(41)39-17-11-16-29(39)25-18-24(19-35-20-25)27-21-36-28-15-10-9-14-26(27)28;1-2-5-17-14(4-1)15(11-20-17)12-8-13(10-18-9-12)16-6-3-7-19-16;1-11(19(5)16(23)24-17(2,3)4)14(20)18-13(15(21)22)12-9-7-6-8-10-12/h9-10,14-15,18-23,29-30,36H,6-8,11-13,16-17H2,1-5H3,(H,37,40);1-2,4-5,8-11,16,19-20H,3,6-7H2;11-13H,6-10H2,1-5H3,(H,18,20)(H,21,22)/t22-,29-,30-;16-;11-,13-/m000/s1. The highest BCUT2D eigenvalue weighted by molar-refractivity contribution is 5.97. The highest BCUT2D eigenvalue weighted by Crippen LogP contribution is 2.38. The fourth-order valence-electron chi connectivity index (χ4n) is 12.3. The largest absolute Gasteiger partial charge is 0.480 e. The number of carbonyl (C=O) groups is 6. The summed E-state index contributed by atoms with van der Waals surface area (Å²) in [7, 11) is 3.02. The minimum Gasteiger partial charge on any atom is -0.480 e. The average Bonchev–Trinajstić information content (AvgIpc) is 2.01. The van der Waals surface area contributed by atoms with Gasteiger partial charge < -0.3 is 45.4 Å². The smallest absolute Gasteiger partial charge is 0.410 e. The third-order valence-corrected chi connectivity index (χ3v) is 17.4. The first-order valence-electron chi connectivity index (χ1n) is 31.3. The number of aromatic nitrogens is 4. The molecule has 2 saturated carbocycles. The molecule has 2 aliphatic heterocycles. The van der Waals surface area contributed by atoms with Crippen molar-refractivity contribution in [3.05, 3.63) is 109 Å². The molecule has 4 aromatic heterocycles. The average molecular weight is 1190 g/mol. The van der Waals surface area contributed by atoms with Crippen LogP contribution >= 0.6 is 0 Å². The Morgan fingerprint density at radius 2 is 1.06 bits per heavy atom. The maximum absolute atomic E-state index is 14.3. The van der Waals surface area contributed by atoms with Gasteiger partial charge in [0.25, 0.3) is 0 Å². The van der Waals surface area contributed by atoms with E-state index in [-0.39, 0.29) is 29.7 Å². The van der Waals surface area contributed by atoms with Crippen LogP contribution in [0.25, 0.3) is 44.1 Å². The number of benzene rings is 2. The van der Waals surface area contributed by atoms with Crippen LogP contribution in [0.15, 0.2) is 97.8 Å². The van der Waals surface area contributed by atoms with E-state index in [1.165, 1.54) is 57.3 Å². The van der Waals surface area contributed by atoms with Crippen molar-refractivity contribution in [1.82, 2.24) is 50.6 Å². The molecule has 87 heavy (non-hydrogen) atoms. The Balaban J connectivity index is 0.000000187. The van der Waals surface area contributed by atoms with Crippen LogP contribution in [-0.2, 0) is 28.7 Å². The first-order valence-corrected chi connectivity index (χ1v) is 31.3. The number of hydrogen-bond donors (Lipinski definition) is 6. The Morgan fingerprint density at radius 3 is 1.53 bits per heavy atom. The maximum atomic E-state index is 14.3. The number of H-pyrrole nitrogens is 2. The predicted molar refractivity (Wildman–Crippen MR) is 338 cm³/mol. The lowest BCUT2D eigenvalue weighted by atomic mass is 9.83. The van der Waals surface area contributed by atoms with Crippen LogP contribution in [0.4, 0.5) is 9.59 Å². The molecule has 2 aromatic carbocycles. The number of nitrogens with one attached hydrogen (secondary N) is 5. The summed E-state index contributed by atoms with van der Waals surface area (Å²) in [6, 6.07) is 18.2. The van der Waals surface area contributed by atoms with E-state index in [9.17, 15) is 33.9 Å². The van der Waals surface area contributed by atoms with Crippen LogP contribution in [0.5, 0.6) is 0 Å². The second-order valence-corrected chi connectivity index (χ2v) is 26.0. The topological polar surface area (TPSA) is 244 Å². The third kappa shape index (κ3) is 17.0. The van der Waals surface area contributed by atoms with Crippen molar-refractivity contribution in [3.63, 3.8) is 0 Å². The molecule has 10 rings (SSSR count). The Labute approximate surface area is 512 Å². The Hall–Kier alpha value is -7.80. The number of amides is 5. The van der Waals surface area contributed by atoms with Crippen molar-refractivity contribution in [2.75, 3.05) is 27.2 Å². The Morgan fingerprint density at radius 1 is 0.598 bits per heavy atom. The fraction of sp³-hybridized carbons (Fsp3) is 0.529. The molecule has 19 heteroatoms. The number of fused-ring (bicyclic) bond motifs is 2. The summed E-state index contributed by atoms with van der Waals surface area (Å²) in [6.45, 7) is 15.6. The minimum atomic E-state index is -1.03. The number of para-hydroxylation sites is 2. The molecular formula is C68H92N10O9. The molecule has 468 valence electrons. The molecule has 2 saturated heterocycles. The SMILES string of the molecule is C[C@@H](C(=O)N[C@H](C(=O)N1CCC[C@H]1c1cncc(-c2c[nH]c3ccccc23)c1)C1CCCCC1)N(C)C(=O)OC(C)(C)C.C[C@@H](C(=O)N[C@H](C(=O)O)C1CCCCC1)N(C)C(=O)OC(C)(C)C.c1ccc2c(-c3cncc([C@@H]4CCCN4)c3)c[nH]c2c1. The van der Waals surface area contributed by atoms with Gasteiger partial charge in [0.15, 0.2) is 0 Å². The zero-order valence-electron chi connectivity index (χ0n) is 52.6. The van der Waals surface area contributed by atoms with E-state index < -0.39 is 59.4 Å². The number of carboxylic acid groups (broad SMARTS) is 1. The van der Waals surface area contributed by atoms with Crippen LogP contribution in [0.3, 0.4) is 0 Å². The second-order valence-electron chi connectivity index (χ2n) is 26.0. The van der Waals surface area contributed by atoms with Gasteiger partial charge in [0.2, 0.25) is 17.7 Å². The lowest BCUT2D eigenvalue weighted by Gasteiger charge is -2.36. The fourth-order valence-corrected chi connectivity index (χ4v) is 12.3.